The first-order valence-corrected chi connectivity index (χ1v) is 9.08. The molecule has 0 bridgehead atoms. The number of benzene rings is 2. The van der Waals surface area contributed by atoms with Crippen LogP contribution in [0.1, 0.15) is 20.8 Å². The summed E-state index contributed by atoms with van der Waals surface area (Å²) in [6.07, 6.45) is 1.68. The van der Waals surface area contributed by atoms with Gasteiger partial charge in [-0.1, -0.05) is 18.2 Å². The number of esters is 1. The van der Waals surface area contributed by atoms with Crippen molar-refractivity contribution in [3.8, 4) is 0 Å². The summed E-state index contributed by atoms with van der Waals surface area (Å²) in [5.41, 5.74) is 2.65. The van der Waals surface area contributed by atoms with E-state index in [1.54, 1.807) is 48.7 Å². The highest BCUT2D eigenvalue weighted by Crippen LogP contribution is 2.21. The van der Waals surface area contributed by atoms with Gasteiger partial charge in [0.05, 0.1) is 23.9 Å². The Morgan fingerprint density at radius 2 is 1.70 bits per heavy atom. The zero-order valence-electron chi connectivity index (χ0n) is 16.0. The molecule has 1 amide bonds. The van der Waals surface area contributed by atoms with Crippen LogP contribution in [0.15, 0.2) is 72.9 Å². The Hall–Kier alpha value is -4.33. The second-order valence-corrected chi connectivity index (χ2v) is 6.33. The SMILES string of the molecule is COC(=O)c1ccc(Nc2ccc(C(=O)Nc3cccc4cccnc34)nn2)cc1. The van der Waals surface area contributed by atoms with Gasteiger partial charge in [0.1, 0.15) is 0 Å². The Bertz CT molecular complexity index is 1200. The Morgan fingerprint density at radius 1 is 0.900 bits per heavy atom. The molecule has 30 heavy (non-hydrogen) atoms. The van der Waals surface area contributed by atoms with Gasteiger partial charge < -0.3 is 15.4 Å². The van der Waals surface area contributed by atoms with E-state index in [1.165, 1.54) is 7.11 Å². The van der Waals surface area contributed by atoms with Crippen LogP contribution in [0.4, 0.5) is 17.2 Å². The second-order valence-electron chi connectivity index (χ2n) is 6.33. The summed E-state index contributed by atoms with van der Waals surface area (Å²) in [5, 5.41) is 14.8. The van der Waals surface area contributed by atoms with Crippen LogP contribution in [0.25, 0.3) is 10.9 Å². The molecule has 4 aromatic rings. The van der Waals surface area contributed by atoms with E-state index in [-0.39, 0.29) is 11.6 Å². The number of amides is 1. The summed E-state index contributed by atoms with van der Waals surface area (Å²) in [4.78, 5) is 28.4. The number of nitrogens with one attached hydrogen (secondary N) is 2. The quantitative estimate of drug-likeness (QED) is 0.492. The molecular weight excluding hydrogens is 382 g/mol. The monoisotopic (exact) mass is 399 g/mol. The molecule has 0 aliphatic rings. The zero-order chi connectivity index (χ0) is 20.9. The summed E-state index contributed by atoms with van der Waals surface area (Å²) < 4.78 is 4.67. The molecular formula is C22H17N5O3. The van der Waals surface area contributed by atoms with E-state index in [0.29, 0.717) is 22.6 Å². The standard InChI is InChI=1S/C22H17N5O3/c1-30-22(29)15-7-9-16(10-8-15)24-19-12-11-18(26-27-19)21(28)25-17-6-2-4-14-5-3-13-23-20(14)17/h2-13H,1H3,(H,24,27)(H,25,28). The topological polar surface area (TPSA) is 106 Å². The predicted octanol–water partition coefficient (Wildman–Crippen LogP) is 3.81. The fraction of sp³-hybridized carbons (Fsp3) is 0.0455. The molecule has 8 heteroatoms. The molecule has 0 aliphatic heterocycles. The molecule has 8 nitrogen and oxygen atoms in total. The molecule has 2 aromatic carbocycles. The maximum Gasteiger partial charge on any atom is 0.337 e. The van der Waals surface area contributed by atoms with Gasteiger partial charge in [0.2, 0.25) is 0 Å². The highest BCUT2D eigenvalue weighted by molar-refractivity contribution is 6.07. The summed E-state index contributed by atoms with van der Waals surface area (Å²) in [7, 11) is 1.33. The number of carbonyl (C=O) groups is 2. The smallest absolute Gasteiger partial charge is 0.337 e. The van der Waals surface area contributed by atoms with Gasteiger partial charge in [-0.15, -0.1) is 10.2 Å². The lowest BCUT2D eigenvalue weighted by Gasteiger charge is -2.08. The lowest BCUT2D eigenvalue weighted by molar-refractivity contribution is 0.0600. The first-order chi connectivity index (χ1) is 14.6. The first kappa shape index (κ1) is 19.0. The van der Waals surface area contributed by atoms with Gasteiger partial charge in [-0.25, -0.2) is 4.79 Å². The lowest BCUT2D eigenvalue weighted by Crippen LogP contribution is -2.15. The van der Waals surface area contributed by atoms with Gasteiger partial charge in [0, 0.05) is 17.3 Å². The summed E-state index contributed by atoms with van der Waals surface area (Å²) >= 11 is 0. The third-order valence-electron chi connectivity index (χ3n) is 4.36. The number of pyridine rings is 1. The largest absolute Gasteiger partial charge is 0.465 e. The van der Waals surface area contributed by atoms with Crippen LogP contribution in [0, 0.1) is 0 Å². The number of fused-ring (bicyclic) bond motifs is 1. The number of aromatic nitrogens is 3. The van der Waals surface area contributed by atoms with Gasteiger partial charge in [-0.05, 0) is 48.5 Å². The average Bonchev–Trinajstić information content (AvgIpc) is 2.80. The molecule has 2 N–H and O–H groups in total. The van der Waals surface area contributed by atoms with Crippen LogP contribution in [-0.2, 0) is 4.74 Å². The second kappa shape index (κ2) is 8.36. The number of para-hydroxylation sites is 1. The molecule has 0 radical (unpaired) electrons. The molecule has 0 spiro atoms. The van der Waals surface area contributed by atoms with Crippen LogP contribution >= 0.6 is 0 Å². The van der Waals surface area contributed by atoms with Gasteiger partial charge in [0.25, 0.3) is 5.91 Å². The number of nitrogens with zero attached hydrogens (tertiary/aromatic N) is 3. The van der Waals surface area contributed by atoms with Crippen molar-refractivity contribution in [2.75, 3.05) is 17.7 Å². The Balaban J connectivity index is 1.45. The summed E-state index contributed by atoms with van der Waals surface area (Å²) in [6.45, 7) is 0. The Kier molecular flexibility index (Phi) is 5.29. The first-order valence-electron chi connectivity index (χ1n) is 9.08. The Labute approximate surface area is 171 Å². The van der Waals surface area contributed by atoms with Crippen molar-refractivity contribution in [3.63, 3.8) is 0 Å². The minimum atomic E-state index is -0.405. The maximum absolute atomic E-state index is 12.6. The summed E-state index contributed by atoms with van der Waals surface area (Å²) in [5.74, 6) is -0.322. The van der Waals surface area contributed by atoms with E-state index >= 15 is 0 Å². The number of rotatable bonds is 5. The molecule has 0 unspecified atom stereocenters. The van der Waals surface area contributed by atoms with E-state index in [0.717, 1.165) is 11.1 Å². The number of methoxy groups -OCH3 is 1. The zero-order valence-corrected chi connectivity index (χ0v) is 16.0. The third kappa shape index (κ3) is 4.07. The van der Waals surface area contributed by atoms with Gasteiger partial charge in [-0.3, -0.25) is 9.78 Å². The molecule has 0 fully saturated rings. The minimum Gasteiger partial charge on any atom is -0.465 e. The molecule has 0 saturated carbocycles. The van der Waals surface area contributed by atoms with E-state index < -0.39 is 5.97 Å². The third-order valence-corrected chi connectivity index (χ3v) is 4.36. The van der Waals surface area contributed by atoms with E-state index in [4.69, 9.17) is 0 Å². The van der Waals surface area contributed by atoms with Gasteiger partial charge in [0.15, 0.2) is 11.5 Å². The van der Waals surface area contributed by atoms with E-state index in [1.807, 2.05) is 24.3 Å². The molecule has 2 heterocycles. The van der Waals surface area contributed by atoms with Crippen LogP contribution in [-0.4, -0.2) is 34.2 Å². The number of carbonyl (C=O) groups excluding carboxylic acids is 2. The molecule has 0 aliphatic carbocycles. The van der Waals surface area contributed by atoms with E-state index in [2.05, 4.69) is 30.6 Å². The Morgan fingerprint density at radius 3 is 2.43 bits per heavy atom. The number of anilines is 3. The van der Waals surface area contributed by atoms with Crippen molar-refractivity contribution >= 4 is 40.0 Å². The number of hydrogen-bond acceptors (Lipinski definition) is 7. The highest BCUT2D eigenvalue weighted by Gasteiger charge is 2.11. The number of ether oxygens (including phenoxy) is 1. The van der Waals surface area contributed by atoms with Crippen LogP contribution in [0.3, 0.4) is 0 Å². The molecule has 0 atom stereocenters. The molecule has 0 saturated heterocycles. The number of hydrogen-bond donors (Lipinski definition) is 2. The van der Waals surface area contributed by atoms with Crippen molar-refractivity contribution in [2.24, 2.45) is 0 Å². The fourth-order valence-electron chi connectivity index (χ4n) is 2.87. The summed E-state index contributed by atoms with van der Waals surface area (Å²) in [6, 6.07) is 19.3. The molecule has 148 valence electrons. The lowest BCUT2D eigenvalue weighted by atomic mass is 10.2. The van der Waals surface area contributed by atoms with Crippen molar-refractivity contribution in [2.45, 2.75) is 0 Å². The molecule has 2 aromatic heterocycles. The van der Waals surface area contributed by atoms with Crippen molar-refractivity contribution < 1.29 is 14.3 Å². The average molecular weight is 399 g/mol. The van der Waals surface area contributed by atoms with Gasteiger partial charge >= 0.3 is 5.97 Å². The van der Waals surface area contributed by atoms with Crippen molar-refractivity contribution in [1.82, 2.24) is 15.2 Å². The maximum atomic E-state index is 12.6. The molecule has 4 rings (SSSR count). The predicted molar refractivity (Wildman–Crippen MR) is 113 cm³/mol. The van der Waals surface area contributed by atoms with E-state index in [9.17, 15) is 9.59 Å². The van der Waals surface area contributed by atoms with Crippen LogP contribution in [0.2, 0.25) is 0 Å². The highest BCUT2D eigenvalue weighted by atomic mass is 16.5. The van der Waals surface area contributed by atoms with Crippen LogP contribution < -0.4 is 10.6 Å². The van der Waals surface area contributed by atoms with Gasteiger partial charge in [-0.2, -0.15) is 0 Å². The normalized spacial score (nSPS) is 10.4. The van der Waals surface area contributed by atoms with Crippen LogP contribution in [0.5, 0.6) is 0 Å². The fourth-order valence-corrected chi connectivity index (χ4v) is 2.87. The van der Waals surface area contributed by atoms with Crippen molar-refractivity contribution in [1.29, 1.82) is 0 Å². The minimum absolute atomic E-state index is 0.175. The van der Waals surface area contributed by atoms with Crippen molar-refractivity contribution in [3.05, 3.63) is 84.2 Å².